The number of hydrogen-bond acceptors (Lipinski definition) is 8. The van der Waals surface area contributed by atoms with Gasteiger partial charge in [0.2, 0.25) is 5.91 Å². The van der Waals surface area contributed by atoms with Gasteiger partial charge in [0.25, 0.3) is 0 Å². The number of unbranched alkanes of at least 4 members (excludes halogenated alkanes) is 1. The van der Waals surface area contributed by atoms with Gasteiger partial charge in [-0.05, 0) is 26.7 Å². The van der Waals surface area contributed by atoms with Crippen LogP contribution < -0.4 is 15.7 Å². The molecule has 32 heavy (non-hydrogen) atoms. The maximum absolute atomic E-state index is 13.2. The largest absolute Gasteiger partial charge is 0.481 e. The first-order chi connectivity index (χ1) is 15.3. The summed E-state index contributed by atoms with van der Waals surface area (Å²) in [5.74, 6) is 3.21. The third-order valence-corrected chi connectivity index (χ3v) is 6.11. The number of hydrogen-bond donors (Lipinski definition) is 1. The van der Waals surface area contributed by atoms with E-state index in [4.69, 9.17) is 20.4 Å². The molecule has 1 aliphatic rings. The molecule has 0 saturated heterocycles. The van der Waals surface area contributed by atoms with E-state index in [-0.39, 0.29) is 12.5 Å². The second kappa shape index (κ2) is 12.3. The van der Waals surface area contributed by atoms with E-state index in [1.54, 1.807) is 13.0 Å². The van der Waals surface area contributed by atoms with Gasteiger partial charge >= 0.3 is 5.63 Å². The van der Waals surface area contributed by atoms with Crippen molar-refractivity contribution in [2.24, 2.45) is 10.1 Å². The highest BCUT2D eigenvalue weighted by Gasteiger charge is 2.40. The molecule has 0 radical (unpaired) electrons. The fraction of sp³-hybridized carbons (Fsp3) is 0.565. The molecule has 8 nitrogen and oxygen atoms in total. The van der Waals surface area contributed by atoms with Crippen LogP contribution in [0.1, 0.15) is 65.2 Å². The van der Waals surface area contributed by atoms with Crippen molar-refractivity contribution in [2.45, 2.75) is 65.0 Å². The van der Waals surface area contributed by atoms with Crippen LogP contribution in [0.15, 0.2) is 31.5 Å². The number of carbonyl (C=O) groups excluding carboxylic acids is 1. The van der Waals surface area contributed by atoms with E-state index in [0.29, 0.717) is 41.0 Å². The Kier molecular flexibility index (Phi) is 9.85. The normalized spacial score (nSPS) is 19.1. The highest BCUT2D eigenvalue weighted by molar-refractivity contribution is 8.16. The fourth-order valence-electron chi connectivity index (χ4n) is 2.93. The van der Waals surface area contributed by atoms with Crippen LogP contribution in [0, 0.1) is 12.3 Å². The van der Waals surface area contributed by atoms with Crippen LogP contribution in [0.25, 0.3) is 0 Å². The van der Waals surface area contributed by atoms with Gasteiger partial charge in [0.15, 0.2) is 0 Å². The Morgan fingerprint density at radius 1 is 1.44 bits per heavy atom. The number of oxime groups is 1. The van der Waals surface area contributed by atoms with Crippen LogP contribution in [-0.4, -0.2) is 41.2 Å². The standard InChI is InChI=1S/C23H31N3O5S/c1-6-9-12-30-26-16(4)21-25-23(5,15-32-21)22(28)24-18(10-7-2)19-13-17(29-11-8-3)14-20(27)31-19/h3,13-14,18H,6-7,9-12,15H2,1-2,4-5H3,(H,24,28). The van der Waals surface area contributed by atoms with Gasteiger partial charge in [0.05, 0.1) is 12.1 Å². The monoisotopic (exact) mass is 461 g/mol. The zero-order valence-corrected chi connectivity index (χ0v) is 19.9. The van der Waals surface area contributed by atoms with Crippen LogP contribution in [0.3, 0.4) is 0 Å². The number of rotatable bonds is 12. The first kappa shape index (κ1) is 25.5. The summed E-state index contributed by atoms with van der Waals surface area (Å²) < 4.78 is 10.7. The summed E-state index contributed by atoms with van der Waals surface area (Å²) in [7, 11) is 0. The Labute approximate surface area is 193 Å². The second-order valence-electron chi connectivity index (χ2n) is 7.66. The molecule has 2 unspecified atom stereocenters. The zero-order chi connectivity index (χ0) is 23.6. The quantitative estimate of drug-likeness (QED) is 0.220. The molecule has 0 fully saturated rings. The summed E-state index contributed by atoms with van der Waals surface area (Å²) in [6.45, 7) is 8.24. The lowest BCUT2D eigenvalue weighted by Crippen LogP contribution is -2.45. The lowest BCUT2D eigenvalue weighted by molar-refractivity contribution is -0.125. The maximum Gasteiger partial charge on any atom is 0.339 e. The van der Waals surface area contributed by atoms with Crippen molar-refractivity contribution < 1.29 is 18.8 Å². The molecule has 9 heteroatoms. The first-order valence-electron chi connectivity index (χ1n) is 10.7. The lowest BCUT2D eigenvalue weighted by atomic mass is 10.0. The Hall–Kier alpha value is -2.73. The topological polar surface area (TPSA) is 102 Å². The summed E-state index contributed by atoms with van der Waals surface area (Å²) in [4.78, 5) is 35.1. The van der Waals surface area contributed by atoms with E-state index in [2.05, 4.69) is 28.3 Å². The molecule has 0 saturated carbocycles. The molecule has 0 aromatic carbocycles. The SMILES string of the molecule is C#CCOc1cc(C(CCC)NC(=O)C2(C)CSC(C(C)=NOCCCC)=N2)oc(=O)c1. The van der Waals surface area contributed by atoms with Crippen LogP contribution in [0.5, 0.6) is 5.75 Å². The number of amides is 1. The van der Waals surface area contributed by atoms with Crippen LogP contribution in [0.2, 0.25) is 0 Å². The number of nitrogens with one attached hydrogen (secondary N) is 1. The molecular weight excluding hydrogens is 430 g/mol. The van der Waals surface area contributed by atoms with Crippen molar-refractivity contribution in [1.29, 1.82) is 0 Å². The van der Waals surface area contributed by atoms with Crippen molar-refractivity contribution in [2.75, 3.05) is 19.0 Å². The number of thioether (sulfide) groups is 1. The molecule has 1 aliphatic heterocycles. The van der Waals surface area contributed by atoms with Crippen LogP contribution >= 0.6 is 11.8 Å². The highest BCUT2D eigenvalue weighted by atomic mass is 32.2. The average Bonchev–Trinajstić information content (AvgIpc) is 3.18. The van der Waals surface area contributed by atoms with E-state index in [0.717, 1.165) is 19.3 Å². The van der Waals surface area contributed by atoms with E-state index >= 15 is 0 Å². The molecule has 0 bridgehead atoms. The second-order valence-corrected chi connectivity index (χ2v) is 8.63. The highest BCUT2D eigenvalue weighted by Crippen LogP contribution is 2.30. The summed E-state index contributed by atoms with van der Waals surface area (Å²) >= 11 is 1.47. The summed E-state index contributed by atoms with van der Waals surface area (Å²) in [6, 6.07) is 2.31. The minimum atomic E-state index is -0.968. The molecule has 1 amide bonds. The van der Waals surface area contributed by atoms with Gasteiger partial charge in [-0.2, -0.15) is 0 Å². The van der Waals surface area contributed by atoms with Crippen molar-refractivity contribution in [3.63, 3.8) is 0 Å². The zero-order valence-electron chi connectivity index (χ0n) is 19.1. The molecule has 1 aromatic rings. The maximum atomic E-state index is 13.2. The Morgan fingerprint density at radius 3 is 2.91 bits per heavy atom. The van der Waals surface area contributed by atoms with Gasteiger partial charge < -0.3 is 19.3 Å². The molecule has 2 rings (SSSR count). The number of aliphatic imine (C=N–C) groups is 1. The number of ether oxygens (including phenoxy) is 1. The predicted octanol–water partition coefficient (Wildman–Crippen LogP) is 3.71. The minimum Gasteiger partial charge on any atom is -0.481 e. The van der Waals surface area contributed by atoms with E-state index in [1.165, 1.54) is 17.8 Å². The third-order valence-electron chi connectivity index (χ3n) is 4.74. The van der Waals surface area contributed by atoms with Crippen molar-refractivity contribution in [3.8, 4) is 18.1 Å². The number of nitrogens with zero attached hydrogens (tertiary/aromatic N) is 2. The van der Waals surface area contributed by atoms with Gasteiger partial charge in [-0.25, -0.2) is 4.79 Å². The number of terminal acetylenes is 1. The fourth-order valence-corrected chi connectivity index (χ4v) is 4.06. The van der Waals surface area contributed by atoms with E-state index < -0.39 is 17.2 Å². The summed E-state index contributed by atoms with van der Waals surface area (Å²) in [6.07, 6.45) is 8.53. The van der Waals surface area contributed by atoms with Crippen molar-refractivity contribution in [1.82, 2.24) is 5.32 Å². The molecule has 174 valence electrons. The average molecular weight is 462 g/mol. The Balaban J connectivity index is 2.16. The molecule has 2 heterocycles. The summed E-state index contributed by atoms with van der Waals surface area (Å²) in [5, 5.41) is 7.78. The smallest absolute Gasteiger partial charge is 0.339 e. The number of carbonyl (C=O) groups is 1. The molecular formula is C23H31N3O5S. The summed E-state index contributed by atoms with van der Waals surface area (Å²) in [5.41, 5.74) is -0.885. The van der Waals surface area contributed by atoms with Crippen LogP contribution in [0.4, 0.5) is 0 Å². The molecule has 2 atom stereocenters. The predicted molar refractivity (Wildman–Crippen MR) is 127 cm³/mol. The van der Waals surface area contributed by atoms with E-state index in [1.807, 2.05) is 13.8 Å². The Morgan fingerprint density at radius 2 is 2.22 bits per heavy atom. The van der Waals surface area contributed by atoms with Gasteiger partial charge in [0, 0.05) is 11.8 Å². The van der Waals surface area contributed by atoms with Gasteiger partial charge in [-0.3, -0.25) is 9.79 Å². The molecule has 0 spiro atoms. The van der Waals surface area contributed by atoms with Gasteiger partial charge in [0.1, 0.15) is 41.0 Å². The molecule has 1 aromatic heterocycles. The van der Waals surface area contributed by atoms with Gasteiger partial charge in [-0.1, -0.05) is 37.8 Å². The van der Waals surface area contributed by atoms with Crippen molar-refractivity contribution >= 4 is 28.4 Å². The lowest BCUT2D eigenvalue weighted by Gasteiger charge is -2.24. The van der Waals surface area contributed by atoms with Crippen molar-refractivity contribution in [3.05, 3.63) is 28.3 Å². The Bertz CT molecular complexity index is 950. The van der Waals surface area contributed by atoms with E-state index in [9.17, 15) is 9.59 Å². The minimum absolute atomic E-state index is 0.0313. The molecule has 0 aliphatic carbocycles. The van der Waals surface area contributed by atoms with Crippen LogP contribution in [-0.2, 0) is 9.63 Å². The third kappa shape index (κ3) is 7.16. The first-order valence-corrected chi connectivity index (χ1v) is 11.7. The van der Waals surface area contributed by atoms with Gasteiger partial charge in [-0.15, -0.1) is 18.2 Å². The molecule has 1 N–H and O–H groups in total.